The lowest BCUT2D eigenvalue weighted by Crippen LogP contribution is -2.27. The number of benzene rings is 2. The van der Waals surface area contributed by atoms with Crippen LogP contribution < -0.4 is 9.64 Å². The van der Waals surface area contributed by atoms with Crippen molar-refractivity contribution in [2.24, 2.45) is 5.92 Å². The van der Waals surface area contributed by atoms with Crippen molar-refractivity contribution < 1.29 is 14.3 Å². The van der Waals surface area contributed by atoms with Gasteiger partial charge in [0.25, 0.3) is 0 Å². The van der Waals surface area contributed by atoms with Crippen LogP contribution in [0.2, 0.25) is 0 Å². The van der Waals surface area contributed by atoms with E-state index in [9.17, 15) is 9.59 Å². The molecule has 2 aromatic carbocycles. The number of esters is 1. The zero-order valence-electron chi connectivity index (χ0n) is 15.3. The summed E-state index contributed by atoms with van der Waals surface area (Å²) < 4.78 is 5.61. The van der Waals surface area contributed by atoms with Crippen molar-refractivity contribution in [2.45, 2.75) is 20.3 Å². The third kappa shape index (κ3) is 3.28. The van der Waals surface area contributed by atoms with Crippen LogP contribution in [0.3, 0.4) is 0 Å². The van der Waals surface area contributed by atoms with E-state index in [0.29, 0.717) is 17.8 Å². The van der Waals surface area contributed by atoms with E-state index in [1.165, 1.54) is 0 Å². The first kappa shape index (κ1) is 17.2. The highest BCUT2D eigenvalue weighted by Crippen LogP contribution is 2.30. The van der Waals surface area contributed by atoms with Crippen molar-refractivity contribution >= 4 is 28.5 Å². The Labute approximate surface area is 157 Å². The molecule has 1 fully saturated rings. The normalized spacial score (nSPS) is 16.7. The van der Waals surface area contributed by atoms with Crippen molar-refractivity contribution in [3.8, 4) is 5.75 Å². The molecule has 4 rings (SSSR count). The summed E-state index contributed by atoms with van der Waals surface area (Å²) in [5.74, 6) is -0.513. The average molecular weight is 360 g/mol. The maximum atomic E-state index is 12.7. The number of pyridine rings is 1. The van der Waals surface area contributed by atoms with Gasteiger partial charge in [-0.05, 0) is 37.6 Å². The molecule has 1 atom stereocenters. The third-order valence-electron chi connectivity index (χ3n) is 4.91. The fraction of sp³-hybridized carbons (Fsp3) is 0.227. The van der Waals surface area contributed by atoms with Gasteiger partial charge in [-0.25, -0.2) is 0 Å². The molecule has 0 unspecified atom stereocenters. The van der Waals surface area contributed by atoms with E-state index in [0.717, 1.165) is 22.2 Å². The fourth-order valence-corrected chi connectivity index (χ4v) is 3.56. The van der Waals surface area contributed by atoms with Crippen LogP contribution in [0.15, 0.2) is 54.7 Å². The highest BCUT2D eigenvalue weighted by molar-refractivity contribution is 6.00. The van der Waals surface area contributed by atoms with E-state index < -0.39 is 11.9 Å². The van der Waals surface area contributed by atoms with Crippen molar-refractivity contribution in [1.29, 1.82) is 0 Å². The number of aryl methyl sites for hydroxylation is 2. The zero-order chi connectivity index (χ0) is 19.0. The summed E-state index contributed by atoms with van der Waals surface area (Å²) >= 11 is 0. The minimum atomic E-state index is -0.489. The molecular weight excluding hydrogens is 340 g/mol. The number of hydrogen-bond acceptors (Lipinski definition) is 4. The number of aromatic nitrogens is 1. The molecule has 27 heavy (non-hydrogen) atoms. The molecule has 1 aromatic heterocycles. The Morgan fingerprint density at radius 3 is 2.78 bits per heavy atom. The molecule has 2 heterocycles. The Bertz CT molecular complexity index is 1040. The van der Waals surface area contributed by atoms with Crippen LogP contribution in [0.5, 0.6) is 5.75 Å². The van der Waals surface area contributed by atoms with Crippen molar-refractivity contribution in [2.75, 3.05) is 11.4 Å². The van der Waals surface area contributed by atoms with E-state index in [2.05, 4.69) is 4.98 Å². The molecule has 1 aliphatic rings. The monoisotopic (exact) mass is 360 g/mol. The third-order valence-corrected chi connectivity index (χ3v) is 4.91. The van der Waals surface area contributed by atoms with Crippen LogP contribution in [0.4, 0.5) is 5.69 Å². The molecular formula is C22H20N2O3. The maximum absolute atomic E-state index is 12.7. The summed E-state index contributed by atoms with van der Waals surface area (Å²) in [7, 11) is 0. The summed E-state index contributed by atoms with van der Waals surface area (Å²) in [4.78, 5) is 31.2. The molecule has 5 heteroatoms. The van der Waals surface area contributed by atoms with E-state index in [1.54, 1.807) is 17.2 Å². The quantitative estimate of drug-likeness (QED) is 0.526. The summed E-state index contributed by atoms with van der Waals surface area (Å²) in [6.07, 6.45) is 1.82. The van der Waals surface area contributed by atoms with Gasteiger partial charge in [-0.1, -0.05) is 35.9 Å². The lowest BCUT2D eigenvalue weighted by molar-refractivity contribution is -0.139. The number of nitrogens with zero attached hydrogens (tertiary/aromatic N) is 2. The second-order valence-electron chi connectivity index (χ2n) is 6.95. The molecule has 0 N–H and O–H groups in total. The molecule has 3 aromatic rings. The van der Waals surface area contributed by atoms with Gasteiger partial charge in [-0.15, -0.1) is 0 Å². The average Bonchev–Trinajstić information content (AvgIpc) is 3.04. The Hall–Kier alpha value is -3.21. The highest BCUT2D eigenvalue weighted by Gasteiger charge is 2.37. The van der Waals surface area contributed by atoms with E-state index in [1.807, 2.05) is 56.3 Å². The van der Waals surface area contributed by atoms with Crippen LogP contribution in [0, 0.1) is 19.8 Å². The number of carbonyl (C=O) groups excluding carboxylic acids is 2. The fourth-order valence-electron chi connectivity index (χ4n) is 3.56. The Balaban J connectivity index is 1.54. The molecule has 5 nitrogen and oxygen atoms in total. The van der Waals surface area contributed by atoms with E-state index in [-0.39, 0.29) is 12.3 Å². The first-order valence-electron chi connectivity index (χ1n) is 8.96. The van der Waals surface area contributed by atoms with Gasteiger partial charge in [0.2, 0.25) is 5.91 Å². The van der Waals surface area contributed by atoms with Crippen LogP contribution in [-0.4, -0.2) is 23.4 Å². The van der Waals surface area contributed by atoms with Gasteiger partial charge in [0, 0.05) is 30.2 Å². The number of fused-ring (bicyclic) bond motifs is 1. The van der Waals surface area contributed by atoms with Crippen LogP contribution >= 0.6 is 0 Å². The lowest BCUT2D eigenvalue weighted by atomic mass is 10.1. The second kappa shape index (κ2) is 6.83. The van der Waals surface area contributed by atoms with Crippen molar-refractivity contribution in [3.05, 3.63) is 65.9 Å². The molecule has 0 saturated carbocycles. The van der Waals surface area contributed by atoms with Crippen LogP contribution in [0.25, 0.3) is 10.9 Å². The number of carbonyl (C=O) groups is 2. The standard InChI is InChI=1S/C22H20N2O3/c1-14-8-9-18(15(2)11-14)24-13-17(12-20(24)25)22(26)27-19-7-3-5-16-6-4-10-23-21(16)19/h3-11,17H,12-13H2,1-2H3/t17-/m1/s1. The SMILES string of the molecule is Cc1ccc(N2C[C@H](C(=O)Oc3cccc4cccnc34)CC2=O)c(C)c1. The number of anilines is 1. The molecule has 0 aliphatic carbocycles. The van der Waals surface area contributed by atoms with Crippen LogP contribution in [-0.2, 0) is 9.59 Å². The van der Waals surface area contributed by atoms with E-state index in [4.69, 9.17) is 4.74 Å². The van der Waals surface area contributed by atoms with Gasteiger partial charge >= 0.3 is 5.97 Å². The van der Waals surface area contributed by atoms with Crippen molar-refractivity contribution in [3.63, 3.8) is 0 Å². The first-order valence-corrected chi connectivity index (χ1v) is 8.96. The second-order valence-corrected chi connectivity index (χ2v) is 6.95. The van der Waals surface area contributed by atoms with Gasteiger partial charge in [0.15, 0.2) is 5.75 Å². The Morgan fingerprint density at radius 1 is 1.15 bits per heavy atom. The number of ether oxygens (including phenoxy) is 1. The van der Waals surface area contributed by atoms with Gasteiger partial charge in [0.1, 0.15) is 5.52 Å². The predicted octanol–water partition coefficient (Wildman–Crippen LogP) is 3.81. The first-order chi connectivity index (χ1) is 13.0. The number of para-hydroxylation sites is 1. The maximum Gasteiger partial charge on any atom is 0.316 e. The zero-order valence-corrected chi connectivity index (χ0v) is 15.3. The minimum absolute atomic E-state index is 0.0556. The molecule has 136 valence electrons. The van der Waals surface area contributed by atoms with Gasteiger partial charge in [0.05, 0.1) is 5.92 Å². The smallest absolute Gasteiger partial charge is 0.316 e. The number of hydrogen-bond donors (Lipinski definition) is 0. The summed E-state index contributed by atoms with van der Waals surface area (Å²) in [6.45, 7) is 4.32. The summed E-state index contributed by atoms with van der Waals surface area (Å²) in [6, 6.07) is 15.2. The Kier molecular flexibility index (Phi) is 4.36. The highest BCUT2D eigenvalue weighted by atomic mass is 16.5. The summed E-state index contributed by atoms with van der Waals surface area (Å²) in [5.41, 5.74) is 3.66. The van der Waals surface area contributed by atoms with Crippen LogP contribution in [0.1, 0.15) is 17.5 Å². The molecule has 0 bridgehead atoms. The molecule has 0 spiro atoms. The predicted molar refractivity (Wildman–Crippen MR) is 104 cm³/mol. The van der Waals surface area contributed by atoms with Gasteiger partial charge in [-0.3, -0.25) is 14.6 Å². The number of amides is 1. The minimum Gasteiger partial charge on any atom is -0.424 e. The molecule has 0 radical (unpaired) electrons. The van der Waals surface area contributed by atoms with Crippen molar-refractivity contribution in [1.82, 2.24) is 4.98 Å². The number of rotatable bonds is 3. The van der Waals surface area contributed by atoms with E-state index >= 15 is 0 Å². The molecule has 1 saturated heterocycles. The lowest BCUT2D eigenvalue weighted by Gasteiger charge is -2.19. The van der Waals surface area contributed by atoms with Gasteiger partial charge in [-0.2, -0.15) is 0 Å². The summed E-state index contributed by atoms with van der Waals surface area (Å²) in [5, 5.41) is 0.905. The van der Waals surface area contributed by atoms with Gasteiger partial charge < -0.3 is 9.64 Å². The topological polar surface area (TPSA) is 59.5 Å². The molecule has 1 amide bonds. The largest absolute Gasteiger partial charge is 0.424 e. The molecule has 1 aliphatic heterocycles. The Morgan fingerprint density at radius 2 is 1.96 bits per heavy atom.